The molecule has 0 atom stereocenters. The van der Waals surface area contributed by atoms with Gasteiger partial charge in [0.15, 0.2) is 0 Å². The van der Waals surface area contributed by atoms with E-state index in [1.807, 2.05) is 30.3 Å². The molecule has 2 aromatic heterocycles. The first-order valence-corrected chi connectivity index (χ1v) is 9.27. The number of aryl methyl sites for hydroxylation is 1. The van der Waals surface area contributed by atoms with Crippen molar-refractivity contribution in [2.45, 2.75) is 32.6 Å². The second-order valence-electron chi connectivity index (χ2n) is 6.51. The number of fused-ring (bicyclic) bond motifs is 1. The number of nitrogens with zero attached hydrogens (tertiary/aromatic N) is 2. The smallest absolute Gasteiger partial charge is 0.305 e. The predicted octanol–water partition coefficient (Wildman–Crippen LogP) is 3.66. The van der Waals surface area contributed by atoms with Crippen molar-refractivity contribution in [3.8, 4) is 11.3 Å². The number of hydrogen-bond donors (Lipinski definition) is 1. The summed E-state index contributed by atoms with van der Waals surface area (Å²) >= 11 is 0. The van der Waals surface area contributed by atoms with E-state index in [0.29, 0.717) is 41.0 Å². The van der Waals surface area contributed by atoms with Crippen LogP contribution in [0, 0.1) is 6.92 Å². The van der Waals surface area contributed by atoms with Crippen molar-refractivity contribution in [3.63, 3.8) is 0 Å². The average Bonchev–Trinajstić information content (AvgIpc) is 3.11. The van der Waals surface area contributed by atoms with E-state index in [1.54, 1.807) is 13.0 Å². The van der Waals surface area contributed by atoms with Crippen LogP contribution in [0.4, 0.5) is 0 Å². The molecule has 146 valence electrons. The number of methoxy groups -OCH3 is 1. The van der Waals surface area contributed by atoms with E-state index < -0.39 is 0 Å². The zero-order chi connectivity index (χ0) is 19.9. The number of rotatable bonds is 8. The predicted molar refractivity (Wildman–Crippen MR) is 105 cm³/mol. The number of benzene rings is 1. The lowest BCUT2D eigenvalue weighted by atomic mass is 10.1. The van der Waals surface area contributed by atoms with Crippen LogP contribution in [0.25, 0.3) is 22.4 Å². The minimum absolute atomic E-state index is 0.191. The van der Waals surface area contributed by atoms with Crippen molar-refractivity contribution >= 4 is 23.0 Å². The number of carbonyl (C=O) groups is 2. The summed E-state index contributed by atoms with van der Waals surface area (Å²) in [6, 6.07) is 11.4. The Labute approximate surface area is 163 Å². The van der Waals surface area contributed by atoms with Crippen LogP contribution in [0.5, 0.6) is 0 Å². The maximum atomic E-state index is 12.8. The number of pyridine rings is 1. The van der Waals surface area contributed by atoms with Crippen molar-refractivity contribution in [2.75, 3.05) is 13.7 Å². The number of aromatic nitrogens is 2. The molecule has 0 aliphatic rings. The van der Waals surface area contributed by atoms with E-state index >= 15 is 0 Å². The quantitative estimate of drug-likeness (QED) is 0.473. The number of hydrogen-bond acceptors (Lipinski definition) is 6. The summed E-state index contributed by atoms with van der Waals surface area (Å²) in [6.07, 6.45) is 2.76. The second-order valence-corrected chi connectivity index (χ2v) is 6.51. The maximum Gasteiger partial charge on any atom is 0.305 e. The molecular weight excluding hydrogens is 358 g/mol. The molecule has 0 aliphatic carbocycles. The number of nitrogens with one attached hydrogen (secondary N) is 1. The Balaban J connectivity index is 1.71. The van der Waals surface area contributed by atoms with E-state index in [1.165, 1.54) is 7.11 Å². The molecule has 0 unspecified atom stereocenters. The van der Waals surface area contributed by atoms with E-state index in [-0.39, 0.29) is 11.9 Å². The first-order chi connectivity index (χ1) is 13.6. The van der Waals surface area contributed by atoms with Gasteiger partial charge in [0.05, 0.1) is 29.4 Å². The molecule has 1 N–H and O–H groups in total. The molecule has 7 heteroatoms. The summed E-state index contributed by atoms with van der Waals surface area (Å²) in [5.41, 5.74) is 3.03. The van der Waals surface area contributed by atoms with Gasteiger partial charge in [-0.3, -0.25) is 9.59 Å². The molecule has 2 heterocycles. The van der Waals surface area contributed by atoms with Crippen molar-refractivity contribution in [2.24, 2.45) is 0 Å². The highest BCUT2D eigenvalue weighted by Crippen LogP contribution is 2.26. The van der Waals surface area contributed by atoms with Gasteiger partial charge in [0, 0.05) is 18.5 Å². The summed E-state index contributed by atoms with van der Waals surface area (Å²) in [5, 5.41) is 7.52. The molecule has 1 aromatic carbocycles. The maximum absolute atomic E-state index is 12.8. The molecule has 0 fully saturated rings. The van der Waals surface area contributed by atoms with Crippen molar-refractivity contribution < 1.29 is 18.8 Å². The lowest BCUT2D eigenvalue weighted by Gasteiger charge is -2.08. The fourth-order valence-electron chi connectivity index (χ4n) is 3.00. The molecule has 0 spiro atoms. The topological polar surface area (TPSA) is 94.3 Å². The van der Waals surface area contributed by atoms with Crippen molar-refractivity contribution in [1.82, 2.24) is 15.5 Å². The van der Waals surface area contributed by atoms with E-state index in [4.69, 9.17) is 4.52 Å². The van der Waals surface area contributed by atoms with Gasteiger partial charge in [-0.2, -0.15) is 0 Å². The van der Waals surface area contributed by atoms with Gasteiger partial charge < -0.3 is 14.6 Å². The van der Waals surface area contributed by atoms with E-state index in [9.17, 15) is 9.59 Å². The zero-order valence-corrected chi connectivity index (χ0v) is 16.0. The summed E-state index contributed by atoms with van der Waals surface area (Å²) in [4.78, 5) is 28.4. The van der Waals surface area contributed by atoms with Gasteiger partial charge in [0.25, 0.3) is 11.6 Å². The monoisotopic (exact) mass is 381 g/mol. The zero-order valence-electron chi connectivity index (χ0n) is 16.0. The Hall–Kier alpha value is -3.22. The van der Waals surface area contributed by atoms with Gasteiger partial charge in [-0.15, -0.1) is 0 Å². The molecule has 0 aliphatic heterocycles. The Morgan fingerprint density at radius 2 is 1.93 bits per heavy atom. The third-order valence-corrected chi connectivity index (χ3v) is 4.50. The normalized spacial score (nSPS) is 10.8. The third-order valence-electron chi connectivity index (χ3n) is 4.50. The lowest BCUT2D eigenvalue weighted by molar-refractivity contribution is -0.140. The summed E-state index contributed by atoms with van der Waals surface area (Å²) < 4.78 is 9.92. The Morgan fingerprint density at radius 3 is 2.68 bits per heavy atom. The third kappa shape index (κ3) is 4.54. The highest BCUT2D eigenvalue weighted by Gasteiger charge is 2.19. The molecule has 0 saturated heterocycles. The van der Waals surface area contributed by atoms with Crippen LogP contribution in [0.2, 0.25) is 0 Å². The van der Waals surface area contributed by atoms with Gasteiger partial charge in [0.2, 0.25) is 0 Å². The van der Waals surface area contributed by atoms with Gasteiger partial charge in [-0.25, -0.2) is 4.98 Å². The second kappa shape index (κ2) is 9.12. The number of ether oxygens (including phenoxy) is 1. The van der Waals surface area contributed by atoms with Gasteiger partial charge in [-0.1, -0.05) is 41.9 Å². The first-order valence-electron chi connectivity index (χ1n) is 9.27. The molecule has 7 nitrogen and oxygen atoms in total. The average molecular weight is 381 g/mol. The number of unbranched alkanes of at least 4 members (excludes halogenated alkanes) is 2. The molecule has 28 heavy (non-hydrogen) atoms. The van der Waals surface area contributed by atoms with Crippen LogP contribution in [0.3, 0.4) is 0 Å². The summed E-state index contributed by atoms with van der Waals surface area (Å²) in [5.74, 6) is -0.400. The largest absolute Gasteiger partial charge is 0.469 e. The molecule has 3 rings (SSSR count). The highest BCUT2D eigenvalue weighted by molar-refractivity contribution is 6.06. The molecule has 0 radical (unpaired) electrons. The van der Waals surface area contributed by atoms with Gasteiger partial charge >= 0.3 is 5.97 Å². The van der Waals surface area contributed by atoms with Crippen LogP contribution in [-0.4, -0.2) is 35.7 Å². The Kier molecular flexibility index (Phi) is 6.37. The lowest BCUT2D eigenvalue weighted by Crippen LogP contribution is -2.25. The number of amides is 1. The molecule has 0 bridgehead atoms. The number of esters is 1. The van der Waals surface area contributed by atoms with Crippen LogP contribution in [-0.2, 0) is 9.53 Å². The first kappa shape index (κ1) is 19.5. The highest BCUT2D eigenvalue weighted by atomic mass is 16.5. The van der Waals surface area contributed by atoms with E-state index in [0.717, 1.165) is 24.8 Å². The minimum atomic E-state index is -0.209. The molecule has 0 saturated carbocycles. The fraction of sp³-hybridized carbons (Fsp3) is 0.333. The van der Waals surface area contributed by atoms with Crippen molar-refractivity contribution in [3.05, 3.63) is 47.7 Å². The summed E-state index contributed by atoms with van der Waals surface area (Å²) in [6.45, 7) is 2.31. The standard InChI is InChI=1S/C21H23N3O4/c1-14-19-16(20(26)22-12-8-4-7-11-18(25)27-2)13-17(23-21(19)28-24-14)15-9-5-3-6-10-15/h3,5-6,9-10,13H,4,7-8,11-12H2,1-2H3,(H,22,26). The molecule has 1 amide bonds. The van der Waals surface area contributed by atoms with Gasteiger partial charge in [0.1, 0.15) is 0 Å². The minimum Gasteiger partial charge on any atom is -0.469 e. The SMILES string of the molecule is COC(=O)CCCCCNC(=O)c1cc(-c2ccccc2)nc2onc(C)c12. The van der Waals surface area contributed by atoms with Crippen LogP contribution < -0.4 is 5.32 Å². The summed E-state index contributed by atoms with van der Waals surface area (Å²) in [7, 11) is 1.38. The Morgan fingerprint density at radius 1 is 1.14 bits per heavy atom. The van der Waals surface area contributed by atoms with Crippen LogP contribution in [0.15, 0.2) is 40.9 Å². The van der Waals surface area contributed by atoms with Crippen molar-refractivity contribution in [1.29, 1.82) is 0 Å². The van der Waals surface area contributed by atoms with Gasteiger partial charge in [-0.05, 0) is 25.8 Å². The molecule has 3 aromatic rings. The van der Waals surface area contributed by atoms with Crippen LogP contribution in [0.1, 0.15) is 41.7 Å². The van der Waals surface area contributed by atoms with E-state index in [2.05, 4.69) is 20.2 Å². The molecular formula is C21H23N3O4. The van der Waals surface area contributed by atoms with Crippen LogP contribution >= 0.6 is 0 Å². The Bertz CT molecular complexity index is 966. The number of carbonyl (C=O) groups excluding carboxylic acids is 2. The fourth-order valence-corrected chi connectivity index (χ4v) is 3.00.